The molecule has 0 spiro atoms. The third kappa shape index (κ3) is 3.59. The maximum absolute atomic E-state index is 12.8. The first kappa shape index (κ1) is 18.5. The Hall–Kier alpha value is -2.88. The van der Waals surface area contributed by atoms with E-state index in [9.17, 15) is 9.59 Å². The number of hydrogen-bond donors (Lipinski definition) is 1. The molecule has 1 aliphatic carbocycles. The second-order valence-corrected chi connectivity index (χ2v) is 7.88. The number of ketones is 1. The van der Waals surface area contributed by atoms with Crippen molar-refractivity contribution < 1.29 is 9.59 Å². The van der Waals surface area contributed by atoms with Gasteiger partial charge in [0.05, 0.1) is 11.6 Å². The van der Waals surface area contributed by atoms with Crippen LogP contribution in [0.4, 0.5) is 5.69 Å². The number of carbonyl (C=O) groups is 2. The predicted octanol–water partition coefficient (Wildman–Crippen LogP) is 4.83. The molecule has 28 heavy (non-hydrogen) atoms. The van der Waals surface area contributed by atoms with Crippen molar-refractivity contribution in [2.45, 2.75) is 38.5 Å². The highest BCUT2D eigenvalue weighted by molar-refractivity contribution is 6.03. The molecule has 0 bridgehead atoms. The van der Waals surface area contributed by atoms with Crippen LogP contribution in [0, 0.1) is 5.92 Å². The molecule has 2 aromatic carbocycles. The highest BCUT2D eigenvalue weighted by atomic mass is 16.2. The normalized spacial score (nSPS) is 17.8. The van der Waals surface area contributed by atoms with Crippen LogP contribution in [-0.2, 0) is 23.1 Å². The number of nitrogens with zero attached hydrogens (tertiary/aromatic N) is 1. The molecule has 1 aromatic heterocycles. The van der Waals surface area contributed by atoms with Crippen LogP contribution >= 0.6 is 0 Å². The Kier molecular flexibility index (Phi) is 5.03. The molecule has 1 aliphatic rings. The maximum Gasteiger partial charge on any atom is 0.231 e. The van der Waals surface area contributed by atoms with E-state index in [1.54, 1.807) is 0 Å². The Bertz CT molecular complexity index is 1020. The molecule has 144 valence electrons. The molecule has 1 N–H and O–H groups in total. The van der Waals surface area contributed by atoms with Gasteiger partial charge in [-0.15, -0.1) is 0 Å². The van der Waals surface area contributed by atoms with Gasteiger partial charge in [0.25, 0.3) is 0 Å². The van der Waals surface area contributed by atoms with Crippen molar-refractivity contribution in [3.05, 3.63) is 65.9 Å². The molecule has 1 heterocycles. The van der Waals surface area contributed by atoms with Gasteiger partial charge in [0, 0.05) is 36.5 Å². The van der Waals surface area contributed by atoms with Crippen LogP contribution in [0.5, 0.6) is 0 Å². The molecule has 1 fully saturated rings. The van der Waals surface area contributed by atoms with Gasteiger partial charge in [0.15, 0.2) is 0 Å². The van der Waals surface area contributed by atoms with Gasteiger partial charge in [-0.05, 0) is 55.5 Å². The van der Waals surface area contributed by atoms with Crippen LogP contribution < -0.4 is 5.32 Å². The summed E-state index contributed by atoms with van der Waals surface area (Å²) in [6.07, 6.45) is 5.57. The number of aryl methyl sites for hydroxylation is 1. The van der Waals surface area contributed by atoms with Crippen molar-refractivity contribution in [2.24, 2.45) is 13.0 Å². The Morgan fingerprint density at radius 3 is 2.68 bits per heavy atom. The first-order valence-electron chi connectivity index (χ1n) is 9.99. The third-order valence-corrected chi connectivity index (χ3v) is 5.97. The highest BCUT2D eigenvalue weighted by Crippen LogP contribution is 2.27. The number of anilines is 1. The average Bonchev–Trinajstić information content (AvgIpc) is 3.28. The average molecular weight is 374 g/mol. The first-order chi connectivity index (χ1) is 13.5. The number of carbonyl (C=O) groups excluding carboxylic acids is 2. The molecule has 1 saturated carbocycles. The van der Waals surface area contributed by atoms with Gasteiger partial charge in [-0.2, -0.15) is 0 Å². The van der Waals surface area contributed by atoms with Crippen LogP contribution in [0.25, 0.3) is 10.9 Å². The van der Waals surface area contributed by atoms with Crippen LogP contribution in [0.2, 0.25) is 0 Å². The molecular weight excluding hydrogens is 348 g/mol. The van der Waals surface area contributed by atoms with E-state index in [0.717, 1.165) is 47.8 Å². The number of hydrogen-bond acceptors (Lipinski definition) is 2. The maximum atomic E-state index is 12.8. The van der Waals surface area contributed by atoms with E-state index in [1.807, 2.05) is 61.1 Å². The van der Waals surface area contributed by atoms with E-state index in [4.69, 9.17) is 0 Å². The molecule has 0 aliphatic heterocycles. The number of nitrogens with one attached hydrogen (secondary N) is 1. The number of rotatable bonds is 5. The zero-order valence-electron chi connectivity index (χ0n) is 16.4. The van der Waals surface area contributed by atoms with Crippen LogP contribution in [0.1, 0.15) is 43.2 Å². The fourth-order valence-electron chi connectivity index (χ4n) is 4.13. The monoisotopic (exact) mass is 374 g/mol. The molecule has 1 amide bonds. The van der Waals surface area contributed by atoms with Crippen molar-refractivity contribution in [3.63, 3.8) is 0 Å². The summed E-state index contributed by atoms with van der Waals surface area (Å²) in [7, 11) is 2.00. The van der Waals surface area contributed by atoms with Crippen molar-refractivity contribution in [2.75, 3.05) is 5.32 Å². The Morgan fingerprint density at radius 1 is 1.18 bits per heavy atom. The van der Waals surface area contributed by atoms with Gasteiger partial charge in [-0.3, -0.25) is 9.59 Å². The zero-order valence-corrected chi connectivity index (χ0v) is 16.4. The summed E-state index contributed by atoms with van der Waals surface area (Å²) < 4.78 is 2.04. The van der Waals surface area contributed by atoms with Gasteiger partial charge in [0.1, 0.15) is 5.78 Å². The molecule has 3 aromatic rings. The Morgan fingerprint density at radius 2 is 1.96 bits per heavy atom. The fraction of sp³-hybridized carbons (Fsp3) is 0.333. The zero-order chi connectivity index (χ0) is 19.7. The van der Waals surface area contributed by atoms with E-state index in [-0.39, 0.29) is 17.7 Å². The minimum atomic E-state index is -0.249. The summed E-state index contributed by atoms with van der Waals surface area (Å²) in [5.41, 5.74) is 4.09. The molecule has 0 radical (unpaired) electrons. The fourth-order valence-corrected chi connectivity index (χ4v) is 4.13. The SMILES string of the molecule is C[C@@H](C(=O)Nc1cccc2c1ccn2C)c1ccc(C[C@H]2CCCC2=O)cc1. The van der Waals surface area contributed by atoms with E-state index in [1.165, 1.54) is 5.56 Å². The minimum Gasteiger partial charge on any atom is -0.350 e. The lowest BCUT2D eigenvalue weighted by atomic mass is 9.94. The summed E-state index contributed by atoms with van der Waals surface area (Å²) in [4.78, 5) is 24.7. The molecule has 4 nitrogen and oxygen atoms in total. The van der Waals surface area contributed by atoms with Gasteiger partial charge in [-0.25, -0.2) is 0 Å². The summed E-state index contributed by atoms with van der Waals surface area (Å²) in [5.74, 6) is 0.307. The highest BCUT2D eigenvalue weighted by Gasteiger charge is 2.24. The summed E-state index contributed by atoms with van der Waals surface area (Å²) in [6.45, 7) is 1.93. The lowest BCUT2D eigenvalue weighted by Gasteiger charge is -2.15. The second-order valence-electron chi connectivity index (χ2n) is 7.88. The number of amides is 1. The van der Waals surface area contributed by atoms with E-state index in [0.29, 0.717) is 5.78 Å². The van der Waals surface area contributed by atoms with E-state index >= 15 is 0 Å². The molecule has 2 atom stereocenters. The standard InChI is InChI=1S/C24H26N2O2/c1-16(18-11-9-17(10-12-18)15-19-5-3-8-23(19)27)24(28)25-21-6-4-7-22-20(21)13-14-26(22)2/h4,6-7,9-14,16,19H,3,5,8,15H2,1-2H3,(H,25,28)/t16-,19-/m1/s1. The molecule has 4 rings (SSSR count). The predicted molar refractivity (Wildman–Crippen MR) is 112 cm³/mol. The second kappa shape index (κ2) is 7.63. The molecule has 4 heteroatoms. The topological polar surface area (TPSA) is 51.1 Å². The number of Topliss-reactive ketones (excluding diaryl/α,β-unsaturated/α-hetero) is 1. The first-order valence-corrected chi connectivity index (χ1v) is 9.99. The van der Waals surface area contributed by atoms with E-state index in [2.05, 4.69) is 17.4 Å². The summed E-state index contributed by atoms with van der Waals surface area (Å²) in [5, 5.41) is 4.12. The van der Waals surface area contributed by atoms with Crippen molar-refractivity contribution in [3.8, 4) is 0 Å². The van der Waals surface area contributed by atoms with Crippen molar-refractivity contribution in [1.29, 1.82) is 0 Å². The quantitative estimate of drug-likeness (QED) is 0.695. The smallest absolute Gasteiger partial charge is 0.231 e. The molecular formula is C24H26N2O2. The van der Waals surface area contributed by atoms with Crippen molar-refractivity contribution in [1.82, 2.24) is 4.57 Å². The van der Waals surface area contributed by atoms with Crippen LogP contribution in [0.3, 0.4) is 0 Å². The van der Waals surface area contributed by atoms with Crippen LogP contribution in [-0.4, -0.2) is 16.3 Å². The summed E-state index contributed by atoms with van der Waals surface area (Å²) in [6, 6.07) is 16.1. The number of aromatic nitrogens is 1. The lowest BCUT2D eigenvalue weighted by molar-refractivity contribution is -0.120. The van der Waals surface area contributed by atoms with Gasteiger partial charge in [-0.1, -0.05) is 30.3 Å². The lowest BCUT2D eigenvalue weighted by Crippen LogP contribution is -2.19. The molecule has 0 saturated heterocycles. The third-order valence-electron chi connectivity index (χ3n) is 5.97. The van der Waals surface area contributed by atoms with Gasteiger partial charge < -0.3 is 9.88 Å². The number of benzene rings is 2. The number of fused-ring (bicyclic) bond motifs is 1. The Labute approximate surface area is 165 Å². The largest absolute Gasteiger partial charge is 0.350 e. The van der Waals surface area contributed by atoms with E-state index < -0.39 is 0 Å². The van der Waals surface area contributed by atoms with Gasteiger partial charge in [0.2, 0.25) is 5.91 Å². The Balaban J connectivity index is 1.45. The minimum absolute atomic E-state index is 0.0185. The molecule has 0 unspecified atom stereocenters. The van der Waals surface area contributed by atoms with Crippen LogP contribution in [0.15, 0.2) is 54.7 Å². The van der Waals surface area contributed by atoms with Crippen molar-refractivity contribution >= 4 is 28.3 Å². The van der Waals surface area contributed by atoms with Gasteiger partial charge >= 0.3 is 0 Å². The summed E-state index contributed by atoms with van der Waals surface area (Å²) >= 11 is 0.